The number of fused-ring (bicyclic) bond motifs is 8. The number of likely N-dealkylation sites (tertiary alicyclic amines) is 1. The summed E-state index contributed by atoms with van der Waals surface area (Å²) in [6.07, 6.45) is 8.09. The molecule has 0 bridgehead atoms. The van der Waals surface area contributed by atoms with Crippen LogP contribution in [0.15, 0.2) is 84.9 Å². The fourth-order valence-corrected chi connectivity index (χ4v) is 10.5. The minimum Gasteiger partial charge on any atom is -0.486 e. The number of pyridine rings is 2. The predicted molar refractivity (Wildman–Crippen MR) is 276 cm³/mol. The Kier molecular flexibility index (Phi) is 14.5. The van der Waals surface area contributed by atoms with Gasteiger partial charge in [0.2, 0.25) is 0 Å². The number of benzene rings is 4. The molecule has 0 saturated carbocycles. The molecule has 4 atom stereocenters. The van der Waals surface area contributed by atoms with Crippen LogP contribution in [-0.4, -0.2) is 112 Å². The standard InChI is InChI=1S/C28H31N3O4.C15H20N2O2.C14H15NO2/c1-18-5-7-22-23(29-18)8-10-26-28(22)35-21(16-33-26)15-31-11-3-4-20(14-31)12-19-6-9-25-24(13-19)30(2)27(32)17-34-25;1-17-13-8-11(7-12-3-2-6-16-9-12)4-5-14(13)19-10-15(17)18;1-3-10-8-16-13-7-6-12-11(14(13)17-10)5-4-9(2)15-12/h5-10,13,20-21H,3-4,11-12,14-17H2,1-2H3;4-5,8,12,16H,2-3,6-7,9-10H2,1H3;4-7,10H,3,8H2,1-2H3/t20?,21-;;10-/m0.0/s1. The van der Waals surface area contributed by atoms with Crippen LogP contribution in [0.5, 0.6) is 34.5 Å². The summed E-state index contributed by atoms with van der Waals surface area (Å²) in [5.41, 5.74) is 8.22. The first-order valence-corrected chi connectivity index (χ1v) is 25.4. The number of ether oxygens (including phenoxy) is 6. The number of rotatable bonds is 7. The molecule has 8 heterocycles. The van der Waals surface area contributed by atoms with Gasteiger partial charge in [0.15, 0.2) is 36.2 Å². The van der Waals surface area contributed by atoms with Crippen molar-refractivity contribution in [3.63, 3.8) is 0 Å². The molecule has 14 heteroatoms. The van der Waals surface area contributed by atoms with E-state index < -0.39 is 0 Å². The Hall–Kier alpha value is -6.64. The third-order valence-electron chi connectivity index (χ3n) is 14.5. The maximum atomic E-state index is 12.0. The first-order chi connectivity index (χ1) is 34.5. The van der Waals surface area contributed by atoms with E-state index in [1.807, 2.05) is 76.5 Å². The number of carbonyl (C=O) groups excluding carboxylic acids is 2. The van der Waals surface area contributed by atoms with Crippen LogP contribution in [0.25, 0.3) is 21.8 Å². The zero-order valence-corrected chi connectivity index (χ0v) is 41.7. The lowest BCUT2D eigenvalue weighted by atomic mass is 9.90. The minimum absolute atomic E-state index is 0.00583. The summed E-state index contributed by atoms with van der Waals surface area (Å²) in [7, 11) is 3.64. The Bertz CT molecular complexity index is 2900. The van der Waals surface area contributed by atoms with Gasteiger partial charge in [-0.15, -0.1) is 0 Å². The SMILES string of the molecule is CC[C@H]1COc2ccc3nc(C)ccc3c2O1.CN1C(=O)COc2ccc(CC3CCCNC3)cc21.Cc1ccc2c3c(ccc2n1)OC[C@H](CN1CCCC(Cc2ccc4c(c2)N(C)C(=O)CO4)C1)O3. The molecular weight excluding hydrogens is 897 g/mol. The molecule has 1 N–H and O–H groups in total. The van der Waals surface area contributed by atoms with Gasteiger partial charge in [-0.05, 0) is 174 Å². The van der Waals surface area contributed by atoms with Gasteiger partial charge in [-0.25, -0.2) is 0 Å². The van der Waals surface area contributed by atoms with Crippen LogP contribution in [0.1, 0.15) is 61.5 Å². The molecule has 2 aromatic heterocycles. The first kappa shape index (κ1) is 48.0. The Labute approximate surface area is 416 Å². The van der Waals surface area contributed by atoms with E-state index in [0.717, 1.165) is 131 Å². The highest BCUT2D eigenvalue weighted by Crippen LogP contribution is 2.41. The number of amides is 2. The lowest BCUT2D eigenvalue weighted by Gasteiger charge is -2.36. The van der Waals surface area contributed by atoms with E-state index in [1.165, 1.54) is 36.8 Å². The Balaban J connectivity index is 0.000000136. The summed E-state index contributed by atoms with van der Waals surface area (Å²) in [6.45, 7) is 12.8. The van der Waals surface area contributed by atoms with Crippen molar-refractivity contribution in [1.29, 1.82) is 0 Å². The monoisotopic (exact) mass is 962 g/mol. The van der Waals surface area contributed by atoms with Crippen LogP contribution < -0.4 is 43.5 Å². The van der Waals surface area contributed by atoms with Crippen LogP contribution >= 0.6 is 0 Å². The highest BCUT2D eigenvalue weighted by atomic mass is 16.6. The molecule has 2 saturated heterocycles. The number of carbonyl (C=O) groups is 2. The van der Waals surface area contributed by atoms with E-state index in [0.29, 0.717) is 25.0 Å². The summed E-state index contributed by atoms with van der Waals surface area (Å²) in [5.74, 6) is 6.17. The molecule has 372 valence electrons. The number of likely N-dealkylation sites (N-methyl/N-ethyl adjacent to an activating group) is 2. The average molecular weight is 963 g/mol. The fraction of sp³-hybridized carbons (Fsp3) is 0.439. The van der Waals surface area contributed by atoms with E-state index in [-0.39, 0.29) is 37.2 Å². The molecule has 12 rings (SSSR count). The quantitative estimate of drug-likeness (QED) is 0.164. The summed E-state index contributed by atoms with van der Waals surface area (Å²) in [4.78, 5) is 38.7. The second-order valence-corrected chi connectivity index (χ2v) is 19.8. The fourth-order valence-electron chi connectivity index (χ4n) is 10.5. The van der Waals surface area contributed by atoms with Crippen molar-refractivity contribution in [3.8, 4) is 34.5 Å². The van der Waals surface area contributed by atoms with Gasteiger partial charge in [0, 0.05) is 49.3 Å². The molecule has 0 spiro atoms. The zero-order valence-electron chi connectivity index (χ0n) is 41.7. The Morgan fingerprint density at radius 2 is 1.15 bits per heavy atom. The van der Waals surface area contributed by atoms with Crippen molar-refractivity contribution in [1.82, 2.24) is 20.2 Å². The number of aromatic nitrogens is 2. The largest absolute Gasteiger partial charge is 0.486 e. The summed E-state index contributed by atoms with van der Waals surface area (Å²) >= 11 is 0. The van der Waals surface area contributed by atoms with Crippen LogP contribution in [0, 0.1) is 25.7 Å². The van der Waals surface area contributed by atoms with E-state index >= 15 is 0 Å². The van der Waals surface area contributed by atoms with Crippen molar-refractivity contribution in [2.75, 3.05) is 83.0 Å². The van der Waals surface area contributed by atoms with Gasteiger partial charge in [-0.2, -0.15) is 0 Å². The zero-order chi connectivity index (χ0) is 49.0. The van der Waals surface area contributed by atoms with Crippen LogP contribution in [-0.2, 0) is 22.4 Å². The van der Waals surface area contributed by atoms with Crippen molar-refractivity contribution >= 4 is 45.0 Å². The molecule has 2 amide bonds. The summed E-state index contributed by atoms with van der Waals surface area (Å²) < 4.78 is 35.3. The first-order valence-electron chi connectivity index (χ1n) is 25.4. The molecule has 14 nitrogen and oxygen atoms in total. The third-order valence-corrected chi connectivity index (χ3v) is 14.5. The highest BCUT2D eigenvalue weighted by Gasteiger charge is 2.30. The predicted octanol–water partition coefficient (Wildman–Crippen LogP) is 8.67. The van der Waals surface area contributed by atoms with Gasteiger partial charge < -0.3 is 43.5 Å². The van der Waals surface area contributed by atoms with Gasteiger partial charge in [0.25, 0.3) is 11.8 Å². The molecule has 71 heavy (non-hydrogen) atoms. The van der Waals surface area contributed by atoms with E-state index in [1.54, 1.807) is 9.80 Å². The van der Waals surface area contributed by atoms with Gasteiger partial charge in [0.05, 0.1) is 22.4 Å². The number of piperidine rings is 2. The molecule has 0 radical (unpaired) electrons. The Morgan fingerprint density at radius 1 is 0.620 bits per heavy atom. The molecule has 2 unspecified atom stereocenters. The maximum absolute atomic E-state index is 12.0. The second-order valence-electron chi connectivity index (χ2n) is 19.8. The molecular formula is C57H66N6O8. The minimum atomic E-state index is -0.00606. The third kappa shape index (κ3) is 11.0. The van der Waals surface area contributed by atoms with Crippen molar-refractivity contribution in [2.24, 2.45) is 11.8 Å². The molecule has 6 aliphatic rings. The summed E-state index contributed by atoms with van der Waals surface area (Å²) in [5, 5.41) is 5.49. The summed E-state index contributed by atoms with van der Waals surface area (Å²) in [6, 6.07) is 28.5. The van der Waals surface area contributed by atoms with E-state index in [9.17, 15) is 9.59 Å². The van der Waals surface area contributed by atoms with E-state index in [2.05, 4.69) is 63.5 Å². The lowest BCUT2D eigenvalue weighted by Crippen LogP contribution is -2.45. The molecule has 2 fully saturated rings. The van der Waals surface area contributed by atoms with Gasteiger partial charge in [-0.3, -0.25) is 24.5 Å². The van der Waals surface area contributed by atoms with Crippen LogP contribution in [0.3, 0.4) is 0 Å². The van der Waals surface area contributed by atoms with Gasteiger partial charge in [-0.1, -0.05) is 19.1 Å². The maximum Gasteiger partial charge on any atom is 0.264 e. The average Bonchev–Trinajstić information content (AvgIpc) is 3.39. The van der Waals surface area contributed by atoms with Crippen molar-refractivity contribution < 1.29 is 38.0 Å². The van der Waals surface area contributed by atoms with E-state index in [4.69, 9.17) is 28.4 Å². The Morgan fingerprint density at radius 3 is 1.72 bits per heavy atom. The number of hydrogen-bond donors (Lipinski definition) is 1. The van der Waals surface area contributed by atoms with Gasteiger partial charge in [0.1, 0.15) is 36.9 Å². The number of aryl methyl sites for hydroxylation is 2. The van der Waals surface area contributed by atoms with Crippen LogP contribution in [0.2, 0.25) is 0 Å². The highest BCUT2D eigenvalue weighted by molar-refractivity contribution is 5.98. The van der Waals surface area contributed by atoms with Crippen molar-refractivity contribution in [2.45, 2.75) is 77.9 Å². The second kappa shape index (κ2) is 21.4. The number of anilines is 2. The van der Waals surface area contributed by atoms with Crippen LogP contribution in [0.4, 0.5) is 11.4 Å². The molecule has 0 aliphatic carbocycles. The molecule has 4 aromatic carbocycles. The van der Waals surface area contributed by atoms with Crippen molar-refractivity contribution in [3.05, 3.63) is 107 Å². The number of nitrogens with zero attached hydrogens (tertiary/aromatic N) is 5. The molecule has 6 aromatic rings. The van der Waals surface area contributed by atoms with Gasteiger partial charge >= 0.3 is 0 Å². The normalized spacial score (nSPS) is 21.4. The topological polar surface area (TPSA) is 137 Å². The number of nitrogens with one attached hydrogen (secondary N) is 1. The number of hydrogen-bond acceptors (Lipinski definition) is 12. The smallest absolute Gasteiger partial charge is 0.264 e. The lowest BCUT2D eigenvalue weighted by molar-refractivity contribution is -0.121. The molecule has 6 aliphatic heterocycles.